The monoisotopic (exact) mass is 1270 g/mol. The third kappa shape index (κ3) is 9.26. The van der Waals surface area contributed by atoms with Crippen LogP contribution in [0.15, 0.2) is 364 Å². The van der Waals surface area contributed by atoms with Crippen LogP contribution in [-0.4, -0.2) is 28.2 Å². The van der Waals surface area contributed by atoms with Crippen LogP contribution in [0.3, 0.4) is 0 Å². The van der Waals surface area contributed by atoms with E-state index in [1.807, 2.05) is 0 Å². The number of benzene rings is 15. The molecule has 0 atom stereocenters. The Labute approximate surface area is 577 Å². The smallest absolute Gasteiger partial charge is 0.235 e. The SMILES string of the molecule is c1ccc(-c2cc(-c3ccccc3)cc(-c3cccc(-c4cc(-c5cccc(-n6c7ccccc7c7cc(-c8cccc9c%10ccccc%10n(-c%10ccccc%10)c89)ccc76)c5)nc(-n5c6ccccc6c6cc(-c7cccc8c9ccccc9n(-c9ccccc9)c78)ccc65)n4)c3)c2)cc1. The fourth-order valence-corrected chi connectivity index (χ4v) is 15.8. The maximum absolute atomic E-state index is 5.73. The summed E-state index contributed by atoms with van der Waals surface area (Å²) in [5.41, 5.74) is 27.3. The Kier molecular flexibility index (Phi) is 13.2. The van der Waals surface area contributed by atoms with Gasteiger partial charge in [-0.05, 0) is 160 Å². The Morgan fingerprint density at radius 1 is 0.170 bits per heavy atom. The summed E-state index contributed by atoms with van der Waals surface area (Å²) in [7, 11) is 0. The topological polar surface area (TPSA) is 45.5 Å². The fourth-order valence-electron chi connectivity index (χ4n) is 15.8. The normalized spacial score (nSPS) is 11.8. The summed E-state index contributed by atoms with van der Waals surface area (Å²) >= 11 is 0. The minimum Gasteiger partial charge on any atom is -0.309 e. The Balaban J connectivity index is 0.770. The molecule has 20 aromatic rings. The molecule has 0 aliphatic rings. The summed E-state index contributed by atoms with van der Waals surface area (Å²) in [4.78, 5) is 11.4. The lowest BCUT2D eigenvalue weighted by molar-refractivity contribution is 0.995. The van der Waals surface area contributed by atoms with Gasteiger partial charge in [0.05, 0.1) is 55.5 Å². The van der Waals surface area contributed by atoms with E-state index in [2.05, 4.69) is 382 Å². The van der Waals surface area contributed by atoms with Crippen LogP contribution in [0, 0.1) is 0 Å². The van der Waals surface area contributed by atoms with E-state index in [1.54, 1.807) is 0 Å². The van der Waals surface area contributed by atoms with Crippen molar-refractivity contribution in [1.82, 2.24) is 28.2 Å². The molecule has 0 aliphatic heterocycles. The molecule has 6 nitrogen and oxygen atoms in total. The average Bonchev–Trinajstić information content (AvgIpc) is 1.58. The Morgan fingerprint density at radius 3 is 1.00 bits per heavy atom. The van der Waals surface area contributed by atoms with Crippen LogP contribution in [0.4, 0.5) is 0 Å². The fraction of sp³-hybridized carbons (Fsp3) is 0. The molecular formula is C94H60N6. The lowest BCUT2D eigenvalue weighted by atomic mass is 9.92. The van der Waals surface area contributed by atoms with Gasteiger partial charge >= 0.3 is 0 Å². The highest BCUT2D eigenvalue weighted by Crippen LogP contribution is 2.45. The number of hydrogen-bond donors (Lipinski definition) is 0. The molecule has 15 aromatic carbocycles. The molecule has 6 heteroatoms. The zero-order valence-electron chi connectivity index (χ0n) is 54.3. The summed E-state index contributed by atoms with van der Waals surface area (Å²) in [5, 5.41) is 9.50. The van der Waals surface area contributed by atoms with Gasteiger partial charge in [-0.25, -0.2) is 9.97 Å². The first-order valence-electron chi connectivity index (χ1n) is 34.2. The molecule has 5 aromatic heterocycles. The lowest BCUT2D eigenvalue weighted by Crippen LogP contribution is -2.04. The van der Waals surface area contributed by atoms with Gasteiger partial charge in [0.25, 0.3) is 0 Å². The van der Waals surface area contributed by atoms with Gasteiger partial charge in [0.15, 0.2) is 0 Å². The van der Waals surface area contributed by atoms with E-state index < -0.39 is 0 Å². The minimum absolute atomic E-state index is 0.580. The highest BCUT2D eigenvalue weighted by atomic mass is 15.2. The Hall–Kier alpha value is -13.4. The van der Waals surface area contributed by atoms with Crippen molar-refractivity contribution >= 4 is 87.2 Å². The molecule has 5 heterocycles. The highest BCUT2D eigenvalue weighted by molar-refractivity contribution is 6.18. The zero-order valence-corrected chi connectivity index (χ0v) is 54.3. The Bertz CT molecular complexity index is 6570. The molecule has 0 spiro atoms. The van der Waals surface area contributed by atoms with E-state index in [0.717, 1.165) is 111 Å². The molecule has 0 amide bonds. The standard InChI is InChI=1S/C94H60N6/c1-5-25-61(26-6-1)68-54-69(62-27-7-2-8-28-62)56-70(55-68)63-29-21-30-66(53-63)84-60-85(96-94(95-84)100-89-48-20-16-40-79(89)83-59-65(50-52-91(83)100)75-42-24-44-81-77-38-14-19-47-88(77)99(93(75)81)72-34-11-4-12-35-72)67-31-22-36-73(57-67)97-86-45-17-15-39-78(86)82-58-64(49-51-90(82)97)74-41-23-43-80-76-37-13-18-46-87(76)98(92(74)80)71-32-9-3-10-33-71/h1-60H. The molecule has 0 saturated carbocycles. The van der Waals surface area contributed by atoms with Crippen molar-refractivity contribution in [1.29, 1.82) is 0 Å². The quantitative estimate of drug-likeness (QED) is 0.130. The second-order valence-electron chi connectivity index (χ2n) is 26.0. The molecule has 100 heavy (non-hydrogen) atoms. The largest absolute Gasteiger partial charge is 0.309 e. The molecule has 0 unspecified atom stereocenters. The van der Waals surface area contributed by atoms with Gasteiger partial charge in [-0.3, -0.25) is 4.57 Å². The third-order valence-electron chi connectivity index (χ3n) is 20.3. The van der Waals surface area contributed by atoms with Gasteiger partial charge in [0.2, 0.25) is 5.95 Å². The van der Waals surface area contributed by atoms with Gasteiger partial charge in [0.1, 0.15) is 0 Å². The number of fused-ring (bicyclic) bond motifs is 12. The number of aromatic nitrogens is 6. The van der Waals surface area contributed by atoms with E-state index in [9.17, 15) is 0 Å². The first-order valence-corrected chi connectivity index (χ1v) is 34.2. The molecule has 466 valence electrons. The van der Waals surface area contributed by atoms with E-state index in [-0.39, 0.29) is 0 Å². The van der Waals surface area contributed by atoms with Crippen molar-refractivity contribution in [2.75, 3.05) is 0 Å². The van der Waals surface area contributed by atoms with Crippen molar-refractivity contribution in [3.05, 3.63) is 364 Å². The van der Waals surface area contributed by atoms with E-state index >= 15 is 0 Å². The van der Waals surface area contributed by atoms with Crippen molar-refractivity contribution in [3.63, 3.8) is 0 Å². The van der Waals surface area contributed by atoms with Crippen LogP contribution >= 0.6 is 0 Å². The maximum Gasteiger partial charge on any atom is 0.235 e. The van der Waals surface area contributed by atoms with Gasteiger partial charge < -0.3 is 13.7 Å². The summed E-state index contributed by atoms with van der Waals surface area (Å²) in [6.07, 6.45) is 0. The van der Waals surface area contributed by atoms with Gasteiger partial charge in [-0.15, -0.1) is 0 Å². The lowest BCUT2D eigenvalue weighted by Gasteiger charge is -2.15. The van der Waals surface area contributed by atoms with Gasteiger partial charge in [-0.1, -0.05) is 249 Å². The number of rotatable bonds is 11. The van der Waals surface area contributed by atoms with Crippen molar-refractivity contribution < 1.29 is 0 Å². The molecule has 0 radical (unpaired) electrons. The summed E-state index contributed by atoms with van der Waals surface area (Å²) in [6.45, 7) is 0. The summed E-state index contributed by atoms with van der Waals surface area (Å²) in [5.74, 6) is 0.580. The Morgan fingerprint density at radius 2 is 0.500 bits per heavy atom. The first kappa shape index (κ1) is 56.9. The van der Waals surface area contributed by atoms with E-state index in [4.69, 9.17) is 9.97 Å². The number of nitrogens with zero attached hydrogens (tertiary/aromatic N) is 6. The van der Waals surface area contributed by atoms with E-state index in [0.29, 0.717) is 5.95 Å². The highest BCUT2D eigenvalue weighted by Gasteiger charge is 2.24. The zero-order chi connectivity index (χ0) is 65.8. The molecule has 0 saturated heterocycles. The number of para-hydroxylation sites is 8. The van der Waals surface area contributed by atoms with Gasteiger partial charge in [0, 0.05) is 82.4 Å². The summed E-state index contributed by atoms with van der Waals surface area (Å²) < 4.78 is 9.55. The average molecular weight is 1270 g/mol. The molecule has 0 N–H and O–H groups in total. The minimum atomic E-state index is 0.580. The van der Waals surface area contributed by atoms with Crippen LogP contribution in [0.5, 0.6) is 0 Å². The first-order chi connectivity index (χ1) is 49.6. The van der Waals surface area contributed by atoms with Crippen LogP contribution in [0.1, 0.15) is 0 Å². The second kappa shape index (κ2) is 23.2. The van der Waals surface area contributed by atoms with Crippen molar-refractivity contribution in [2.24, 2.45) is 0 Å². The molecule has 0 bridgehead atoms. The number of hydrogen-bond acceptors (Lipinski definition) is 2. The third-order valence-corrected chi connectivity index (χ3v) is 20.3. The van der Waals surface area contributed by atoms with Crippen molar-refractivity contribution in [3.8, 4) is 101 Å². The predicted molar refractivity (Wildman–Crippen MR) is 417 cm³/mol. The van der Waals surface area contributed by atoms with Crippen LogP contribution < -0.4 is 0 Å². The molecule has 20 rings (SSSR count). The predicted octanol–water partition coefficient (Wildman–Crippen LogP) is 24.5. The molecule has 0 aliphatic carbocycles. The van der Waals surface area contributed by atoms with Crippen LogP contribution in [-0.2, 0) is 0 Å². The molecular weight excluding hydrogens is 1210 g/mol. The van der Waals surface area contributed by atoms with Crippen LogP contribution in [0.25, 0.3) is 188 Å². The van der Waals surface area contributed by atoms with E-state index in [1.165, 1.54) is 71.1 Å². The van der Waals surface area contributed by atoms with Crippen LogP contribution in [0.2, 0.25) is 0 Å². The maximum atomic E-state index is 5.73. The second-order valence-corrected chi connectivity index (χ2v) is 26.0. The van der Waals surface area contributed by atoms with Crippen molar-refractivity contribution in [2.45, 2.75) is 0 Å². The summed E-state index contributed by atoms with van der Waals surface area (Å²) in [6, 6.07) is 132. The molecule has 0 fully saturated rings. The van der Waals surface area contributed by atoms with Gasteiger partial charge in [-0.2, -0.15) is 0 Å².